The molecule has 1 atom stereocenters. The van der Waals surface area contributed by atoms with E-state index >= 15 is 0 Å². The number of carboxylic acids is 1. The van der Waals surface area contributed by atoms with Crippen molar-refractivity contribution >= 4 is 29.0 Å². The first-order valence-electron chi connectivity index (χ1n) is 9.00. The number of urea groups is 1. The van der Waals surface area contributed by atoms with E-state index < -0.39 is 18.0 Å². The van der Waals surface area contributed by atoms with Crippen LogP contribution in [-0.2, 0) is 11.3 Å². The maximum absolute atomic E-state index is 12.6. The molecule has 1 unspecified atom stereocenters. The second-order valence-corrected chi connectivity index (χ2v) is 7.63. The van der Waals surface area contributed by atoms with Crippen LogP contribution in [-0.4, -0.2) is 21.7 Å². The van der Waals surface area contributed by atoms with Crippen LogP contribution in [0.4, 0.5) is 10.5 Å². The van der Waals surface area contributed by atoms with Crippen LogP contribution in [0, 0.1) is 6.92 Å². The number of carbonyl (C=O) groups excluding carboxylic acids is 1. The number of nitrogens with one attached hydrogen (secondary N) is 2. The summed E-state index contributed by atoms with van der Waals surface area (Å²) in [6, 6.07) is 12.9. The van der Waals surface area contributed by atoms with Gasteiger partial charge in [0, 0.05) is 11.1 Å². The highest BCUT2D eigenvalue weighted by Crippen LogP contribution is 2.18. The Hall–Kier alpha value is -3.39. The van der Waals surface area contributed by atoms with Crippen molar-refractivity contribution in [2.45, 2.75) is 25.9 Å². The smallest absolute Gasteiger partial charge is 0.319 e. The molecule has 29 heavy (non-hydrogen) atoms. The first kappa shape index (κ1) is 20.3. The van der Waals surface area contributed by atoms with E-state index in [1.54, 1.807) is 35.7 Å². The monoisotopic (exact) mass is 411 g/mol. The minimum absolute atomic E-state index is 0.125. The predicted octanol–water partition coefficient (Wildman–Crippen LogP) is 3.60. The lowest BCUT2D eigenvalue weighted by molar-refractivity contribution is -0.137. The van der Waals surface area contributed by atoms with Crippen LogP contribution < -0.4 is 16.2 Å². The largest absolute Gasteiger partial charge is 0.481 e. The summed E-state index contributed by atoms with van der Waals surface area (Å²) in [5.41, 5.74) is 1.50. The lowest BCUT2D eigenvalue weighted by Gasteiger charge is -2.18. The number of thiophene rings is 1. The van der Waals surface area contributed by atoms with Crippen LogP contribution >= 0.6 is 11.3 Å². The van der Waals surface area contributed by atoms with Crippen molar-refractivity contribution in [1.29, 1.82) is 0 Å². The molecule has 0 aliphatic rings. The van der Waals surface area contributed by atoms with Gasteiger partial charge in [-0.05, 0) is 36.1 Å². The molecule has 0 spiro atoms. The van der Waals surface area contributed by atoms with Crippen LogP contribution in [0.2, 0.25) is 0 Å². The van der Waals surface area contributed by atoms with E-state index in [1.807, 2.05) is 36.6 Å². The summed E-state index contributed by atoms with van der Waals surface area (Å²) in [7, 11) is 0. The molecule has 0 aliphatic carbocycles. The SMILES string of the molecule is Cc1ccc(C(CC(=O)O)NC(=O)Nc2cccn(Cc3cccs3)c2=O)cc1. The standard InChI is InChI=1S/C21H21N3O4S/c1-14-6-8-15(9-7-14)18(12-19(25)26)23-21(28)22-17-5-2-10-24(20(17)27)13-16-4-3-11-29-16/h2-11,18H,12-13H2,1H3,(H,25,26)(H2,22,23,28). The van der Waals surface area contributed by atoms with E-state index in [-0.39, 0.29) is 17.7 Å². The summed E-state index contributed by atoms with van der Waals surface area (Å²) in [4.78, 5) is 37.3. The van der Waals surface area contributed by atoms with Crippen LogP contribution in [0.15, 0.2) is 64.9 Å². The van der Waals surface area contributed by atoms with E-state index in [0.29, 0.717) is 12.1 Å². The zero-order valence-electron chi connectivity index (χ0n) is 15.8. The fraction of sp³-hybridized carbons (Fsp3) is 0.190. The fourth-order valence-electron chi connectivity index (χ4n) is 2.87. The lowest BCUT2D eigenvalue weighted by Crippen LogP contribution is -2.36. The number of hydrogen-bond donors (Lipinski definition) is 3. The molecule has 8 heteroatoms. The summed E-state index contributed by atoms with van der Waals surface area (Å²) in [5, 5.41) is 16.3. The van der Waals surface area contributed by atoms with Gasteiger partial charge in [0.15, 0.2) is 0 Å². The normalized spacial score (nSPS) is 11.6. The molecular formula is C21H21N3O4S. The zero-order valence-corrected chi connectivity index (χ0v) is 16.6. The number of rotatable bonds is 7. The zero-order chi connectivity index (χ0) is 20.8. The van der Waals surface area contributed by atoms with Gasteiger partial charge in [-0.2, -0.15) is 0 Å². The molecule has 2 aromatic heterocycles. The first-order chi connectivity index (χ1) is 13.9. The Bertz CT molecular complexity index is 1040. The number of aryl methyl sites for hydroxylation is 1. The quantitative estimate of drug-likeness (QED) is 0.553. The van der Waals surface area contributed by atoms with Gasteiger partial charge in [-0.1, -0.05) is 35.9 Å². The second-order valence-electron chi connectivity index (χ2n) is 6.59. The fourth-order valence-corrected chi connectivity index (χ4v) is 3.57. The van der Waals surface area contributed by atoms with Gasteiger partial charge in [-0.25, -0.2) is 4.79 Å². The molecule has 0 saturated heterocycles. The summed E-state index contributed by atoms with van der Waals surface area (Å²) in [6.07, 6.45) is 1.39. The predicted molar refractivity (Wildman–Crippen MR) is 112 cm³/mol. The number of benzene rings is 1. The third-order valence-corrected chi connectivity index (χ3v) is 5.20. The molecule has 2 heterocycles. The van der Waals surface area contributed by atoms with E-state index in [9.17, 15) is 19.5 Å². The van der Waals surface area contributed by atoms with Crippen LogP contribution in [0.25, 0.3) is 0 Å². The Labute approximate surface area is 171 Å². The molecule has 2 amide bonds. The highest BCUT2D eigenvalue weighted by atomic mass is 32.1. The van der Waals surface area contributed by atoms with Gasteiger partial charge in [0.05, 0.1) is 19.0 Å². The number of carbonyl (C=O) groups is 2. The van der Waals surface area contributed by atoms with Crippen molar-refractivity contribution in [2.75, 3.05) is 5.32 Å². The molecule has 0 bridgehead atoms. The van der Waals surface area contributed by atoms with Crippen molar-refractivity contribution in [2.24, 2.45) is 0 Å². The summed E-state index contributed by atoms with van der Waals surface area (Å²) < 4.78 is 1.51. The molecular weight excluding hydrogens is 390 g/mol. The summed E-state index contributed by atoms with van der Waals surface area (Å²) in [5.74, 6) is -1.03. The van der Waals surface area contributed by atoms with E-state index in [1.165, 1.54) is 10.6 Å². The topological polar surface area (TPSA) is 100 Å². The average Bonchev–Trinajstić information content (AvgIpc) is 3.18. The maximum Gasteiger partial charge on any atom is 0.319 e. The van der Waals surface area contributed by atoms with Crippen molar-refractivity contribution in [1.82, 2.24) is 9.88 Å². The maximum atomic E-state index is 12.6. The van der Waals surface area contributed by atoms with Gasteiger partial charge in [-0.3, -0.25) is 9.59 Å². The Kier molecular flexibility index (Phi) is 6.46. The summed E-state index contributed by atoms with van der Waals surface area (Å²) >= 11 is 1.54. The van der Waals surface area contributed by atoms with Crippen LogP contribution in [0.3, 0.4) is 0 Å². The Morgan fingerprint density at radius 3 is 2.55 bits per heavy atom. The molecule has 0 fully saturated rings. The highest BCUT2D eigenvalue weighted by molar-refractivity contribution is 7.09. The summed E-state index contributed by atoms with van der Waals surface area (Å²) in [6.45, 7) is 2.34. The van der Waals surface area contributed by atoms with Crippen molar-refractivity contribution < 1.29 is 14.7 Å². The Morgan fingerprint density at radius 1 is 1.14 bits per heavy atom. The van der Waals surface area contributed by atoms with Gasteiger partial charge in [0.2, 0.25) is 0 Å². The van der Waals surface area contributed by atoms with Gasteiger partial charge in [-0.15, -0.1) is 11.3 Å². The van der Waals surface area contributed by atoms with Crippen LogP contribution in [0.1, 0.15) is 28.5 Å². The van der Waals surface area contributed by atoms with Gasteiger partial charge in [0.25, 0.3) is 5.56 Å². The van der Waals surface area contributed by atoms with E-state index in [0.717, 1.165) is 10.4 Å². The van der Waals surface area contributed by atoms with E-state index in [4.69, 9.17) is 0 Å². The number of amides is 2. The number of nitrogens with zero attached hydrogens (tertiary/aromatic N) is 1. The van der Waals surface area contributed by atoms with Crippen molar-refractivity contribution in [3.05, 3.63) is 86.5 Å². The van der Waals surface area contributed by atoms with Crippen molar-refractivity contribution in [3.8, 4) is 0 Å². The molecule has 3 rings (SSSR count). The van der Waals surface area contributed by atoms with Gasteiger partial charge < -0.3 is 20.3 Å². The molecule has 7 nitrogen and oxygen atoms in total. The van der Waals surface area contributed by atoms with Crippen LogP contribution in [0.5, 0.6) is 0 Å². The van der Waals surface area contributed by atoms with E-state index in [2.05, 4.69) is 10.6 Å². The third-order valence-electron chi connectivity index (χ3n) is 4.34. The molecule has 3 aromatic rings. The number of hydrogen-bond acceptors (Lipinski definition) is 4. The van der Waals surface area contributed by atoms with Gasteiger partial charge in [0.1, 0.15) is 5.69 Å². The molecule has 150 valence electrons. The number of aromatic nitrogens is 1. The van der Waals surface area contributed by atoms with Gasteiger partial charge >= 0.3 is 12.0 Å². The lowest BCUT2D eigenvalue weighted by atomic mass is 10.0. The second kappa shape index (κ2) is 9.20. The average molecular weight is 411 g/mol. The molecule has 3 N–H and O–H groups in total. The highest BCUT2D eigenvalue weighted by Gasteiger charge is 2.19. The minimum Gasteiger partial charge on any atom is -0.481 e. The first-order valence-corrected chi connectivity index (χ1v) is 9.88. The molecule has 0 saturated carbocycles. The number of carboxylic acid groups (broad SMARTS) is 1. The Morgan fingerprint density at radius 2 is 1.90 bits per heavy atom. The van der Waals surface area contributed by atoms with Crippen molar-refractivity contribution in [3.63, 3.8) is 0 Å². The number of pyridine rings is 1. The number of anilines is 1. The third kappa shape index (κ3) is 5.55. The molecule has 1 aromatic carbocycles. The minimum atomic E-state index is -1.03. The molecule has 0 aliphatic heterocycles. The molecule has 0 radical (unpaired) electrons. The number of aliphatic carboxylic acids is 1. The Balaban J connectivity index is 1.73.